The summed E-state index contributed by atoms with van der Waals surface area (Å²) in [6.45, 7) is 0. The summed E-state index contributed by atoms with van der Waals surface area (Å²) in [7, 11) is 0. The third kappa shape index (κ3) is 6.13. The van der Waals surface area contributed by atoms with E-state index in [1.165, 1.54) is 32.9 Å². The maximum atomic E-state index is 6.56. The van der Waals surface area contributed by atoms with Gasteiger partial charge < -0.3 is 13.9 Å². The van der Waals surface area contributed by atoms with Crippen LogP contribution in [0, 0.1) is 0 Å². The number of rotatable bonds is 8. The maximum Gasteiger partial charge on any atom is 0.137 e. The molecule has 2 aromatic heterocycles. The molecule has 3 heteroatoms. The molecule has 2 heterocycles. The first-order valence-electron chi connectivity index (χ1n) is 21.5. The molecule has 0 atom stereocenters. The average molecular weight is 805 g/mol. The van der Waals surface area contributed by atoms with E-state index >= 15 is 0 Å². The number of anilines is 3. The standard InChI is InChI=1S/C60H40N2O/c1-3-19-41(20-4-1)45-23-7-8-27-50(45)59-47(42-21-5-2-6-22-42)29-17-33-55(59)61(56-34-18-36-58-60(56)51-28-12-16-35-57(51)63-58)44-39-37-43(38-40-44)46-24-9-13-30-52(46)62-53-31-14-10-25-48(53)49-26-11-15-32-54(49)62/h1-40H. The van der Waals surface area contributed by atoms with Gasteiger partial charge in [-0.1, -0.05) is 188 Å². The van der Waals surface area contributed by atoms with Crippen LogP contribution in [0.4, 0.5) is 17.1 Å². The topological polar surface area (TPSA) is 21.3 Å². The molecule has 3 nitrogen and oxygen atoms in total. The number of hydrogen-bond acceptors (Lipinski definition) is 2. The molecule has 0 bridgehead atoms. The fraction of sp³-hybridized carbons (Fsp3) is 0. The monoisotopic (exact) mass is 804 g/mol. The van der Waals surface area contributed by atoms with E-state index < -0.39 is 0 Å². The van der Waals surface area contributed by atoms with Gasteiger partial charge in [0.15, 0.2) is 0 Å². The normalized spacial score (nSPS) is 11.5. The van der Waals surface area contributed by atoms with E-state index in [0.717, 1.165) is 78.1 Å². The highest BCUT2D eigenvalue weighted by atomic mass is 16.3. The average Bonchev–Trinajstić information content (AvgIpc) is 3.91. The van der Waals surface area contributed by atoms with Gasteiger partial charge >= 0.3 is 0 Å². The van der Waals surface area contributed by atoms with Crippen LogP contribution in [0.5, 0.6) is 0 Å². The van der Waals surface area contributed by atoms with Gasteiger partial charge in [0.2, 0.25) is 0 Å². The van der Waals surface area contributed by atoms with E-state index in [1.807, 2.05) is 6.07 Å². The second kappa shape index (κ2) is 15.3. The molecular formula is C60H40N2O. The van der Waals surface area contributed by atoms with Crippen molar-refractivity contribution in [3.05, 3.63) is 243 Å². The predicted molar refractivity (Wildman–Crippen MR) is 264 cm³/mol. The maximum absolute atomic E-state index is 6.56. The summed E-state index contributed by atoms with van der Waals surface area (Å²) >= 11 is 0. The van der Waals surface area contributed by atoms with Gasteiger partial charge in [0.1, 0.15) is 11.2 Å². The van der Waals surface area contributed by atoms with Crippen LogP contribution < -0.4 is 4.90 Å². The number of para-hydroxylation sites is 4. The van der Waals surface area contributed by atoms with Crippen LogP contribution in [0.2, 0.25) is 0 Å². The Morgan fingerprint density at radius 1 is 0.317 bits per heavy atom. The SMILES string of the molecule is c1ccc(-c2ccccc2-c2c(-c3ccccc3)cccc2N(c2ccc(-c3ccccc3-n3c4ccccc4c4ccccc43)cc2)c2cccc3oc4ccccc4c23)cc1. The molecule has 0 saturated heterocycles. The Bertz CT molecular complexity index is 3570. The molecule has 0 aliphatic rings. The van der Waals surface area contributed by atoms with E-state index in [2.05, 4.69) is 246 Å². The first-order chi connectivity index (χ1) is 31.3. The van der Waals surface area contributed by atoms with E-state index in [1.54, 1.807) is 0 Å². The molecule has 0 aliphatic heterocycles. The van der Waals surface area contributed by atoms with Gasteiger partial charge in [-0.3, -0.25) is 0 Å². The summed E-state index contributed by atoms with van der Waals surface area (Å²) in [6.07, 6.45) is 0. The van der Waals surface area contributed by atoms with Gasteiger partial charge in [-0.25, -0.2) is 0 Å². The summed E-state index contributed by atoms with van der Waals surface area (Å²) in [6, 6.07) is 87.1. The second-order valence-corrected chi connectivity index (χ2v) is 16.0. The Balaban J connectivity index is 1.11. The van der Waals surface area contributed by atoms with Crippen LogP contribution in [-0.2, 0) is 0 Å². The van der Waals surface area contributed by atoms with Crippen molar-refractivity contribution in [1.29, 1.82) is 0 Å². The summed E-state index contributed by atoms with van der Waals surface area (Å²) in [4.78, 5) is 2.44. The fourth-order valence-electron chi connectivity index (χ4n) is 9.67. The smallest absolute Gasteiger partial charge is 0.137 e. The summed E-state index contributed by atoms with van der Waals surface area (Å²) < 4.78 is 8.97. The van der Waals surface area contributed by atoms with Crippen LogP contribution >= 0.6 is 0 Å². The highest BCUT2D eigenvalue weighted by Crippen LogP contribution is 2.50. The molecule has 0 spiro atoms. The molecule has 0 aliphatic carbocycles. The molecule has 12 rings (SSSR count). The Kier molecular flexibility index (Phi) is 8.83. The summed E-state index contributed by atoms with van der Waals surface area (Å²) in [5.74, 6) is 0. The highest BCUT2D eigenvalue weighted by Gasteiger charge is 2.25. The molecule has 0 amide bonds. The molecular weight excluding hydrogens is 765 g/mol. The quantitative estimate of drug-likeness (QED) is 0.153. The van der Waals surface area contributed by atoms with Gasteiger partial charge in [0.05, 0.1) is 33.5 Å². The zero-order valence-corrected chi connectivity index (χ0v) is 34.4. The number of benzene rings is 10. The van der Waals surface area contributed by atoms with Crippen molar-refractivity contribution in [3.63, 3.8) is 0 Å². The molecule has 12 aromatic rings. The minimum absolute atomic E-state index is 0.848. The largest absolute Gasteiger partial charge is 0.456 e. The molecule has 0 saturated carbocycles. The van der Waals surface area contributed by atoms with Crippen molar-refractivity contribution >= 4 is 60.8 Å². The molecule has 10 aromatic carbocycles. The fourth-order valence-corrected chi connectivity index (χ4v) is 9.67. The molecule has 0 radical (unpaired) electrons. The van der Waals surface area contributed by atoms with Gasteiger partial charge in [-0.05, 0) is 88.0 Å². The zero-order valence-electron chi connectivity index (χ0n) is 34.4. The van der Waals surface area contributed by atoms with Crippen molar-refractivity contribution in [2.45, 2.75) is 0 Å². The van der Waals surface area contributed by atoms with Gasteiger partial charge in [0.25, 0.3) is 0 Å². The van der Waals surface area contributed by atoms with Crippen molar-refractivity contribution in [2.75, 3.05) is 4.90 Å². The van der Waals surface area contributed by atoms with E-state index in [-0.39, 0.29) is 0 Å². The van der Waals surface area contributed by atoms with E-state index in [0.29, 0.717) is 0 Å². The predicted octanol–water partition coefficient (Wildman–Crippen LogP) is 16.8. The lowest BCUT2D eigenvalue weighted by Gasteiger charge is -2.30. The van der Waals surface area contributed by atoms with Gasteiger partial charge in [0, 0.05) is 33.0 Å². The molecule has 0 fully saturated rings. The summed E-state index contributed by atoms with van der Waals surface area (Å²) in [5.41, 5.74) is 17.6. The Morgan fingerprint density at radius 2 is 0.810 bits per heavy atom. The minimum atomic E-state index is 0.848. The number of aromatic nitrogens is 1. The summed E-state index contributed by atoms with van der Waals surface area (Å²) in [5, 5.41) is 4.64. The van der Waals surface area contributed by atoms with E-state index in [9.17, 15) is 0 Å². The van der Waals surface area contributed by atoms with Crippen LogP contribution in [-0.4, -0.2) is 4.57 Å². The van der Waals surface area contributed by atoms with Gasteiger partial charge in [-0.2, -0.15) is 0 Å². The van der Waals surface area contributed by atoms with E-state index in [4.69, 9.17) is 4.42 Å². The zero-order chi connectivity index (χ0) is 41.7. The molecule has 0 N–H and O–H groups in total. The Morgan fingerprint density at radius 3 is 1.52 bits per heavy atom. The first kappa shape index (κ1) is 36.5. The van der Waals surface area contributed by atoms with Crippen molar-refractivity contribution in [2.24, 2.45) is 0 Å². The van der Waals surface area contributed by atoms with Crippen LogP contribution in [0.3, 0.4) is 0 Å². The van der Waals surface area contributed by atoms with Crippen LogP contribution in [0.15, 0.2) is 247 Å². The van der Waals surface area contributed by atoms with Crippen LogP contribution in [0.25, 0.3) is 93.9 Å². The van der Waals surface area contributed by atoms with Crippen molar-refractivity contribution < 1.29 is 4.42 Å². The van der Waals surface area contributed by atoms with Gasteiger partial charge in [-0.15, -0.1) is 0 Å². The number of hydrogen-bond donors (Lipinski definition) is 0. The third-order valence-electron chi connectivity index (χ3n) is 12.4. The van der Waals surface area contributed by atoms with Crippen LogP contribution in [0.1, 0.15) is 0 Å². The lowest BCUT2D eigenvalue weighted by atomic mass is 9.87. The Labute approximate surface area is 366 Å². The number of furan rings is 1. The second-order valence-electron chi connectivity index (χ2n) is 16.0. The highest BCUT2D eigenvalue weighted by molar-refractivity contribution is 6.15. The lowest BCUT2D eigenvalue weighted by Crippen LogP contribution is -2.12. The third-order valence-corrected chi connectivity index (χ3v) is 12.4. The lowest BCUT2D eigenvalue weighted by molar-refractivity contribution is 0.669. The van der Waals surface area contributed by atoms with Crippen molar-refractivity contribution in [3.8, 4) is 50.2 Å². The van der Waals surface area contributed by atoms with Crippen molar-refractivity contribution in [1.82, 2.24) is 4.57 Å². The first-order valence-corrected chi connectivity index (χ1v) is 21.5. The molecule has 0 unspecified atom stereocenters. The number of nitrogens with zero attached hydrogens (tertiary/aromatic N) is 2. The molecule has 63 heavy (non-hydrogen) atoms. The number of fused-ring (bicyclic) bond motifs is 6. The minimum Gasteiger partial charge on any atom is -0.456 e. The molecule has 296 valence electrons. The Hall–Kier alpha value is -8.40.